The molecule has 0 fully saturated rings. The Morgan fingerprint density at radius 1 is 0.255 bits per heavy atom. The van der Waals surface area contributed by atoms with E-state index in [1.165, 1.54) is 88.0 Å². The van der Waals surface area contributed by atoms with E-state index in [1.807, 2.05) is 0 Å². The van der Waals surface area contributed by atoms with Crippen molar-refractivity contribution in [3.63, 3.8) is 0 Å². The van der Waals surface area contributed by atoms with Crippen molar-refractivity contribution < 1.29 is 0 Å². The van der Waals surface area contributed by atoms with E-state index in [0.29, 0.717) is 0 Å². The lowest BCUT2D eigenvalue weighted by Crippen LogP contribution is -2.11. The summed E-state index contributed by atoms with van der Waals surface area (Å²) in [5.41, 5.74) is 16.0. The molecule has 0 radical (unpaired) electrons. The van der Waals surface area contributed by atoms with Crippen LogP contribution in [0.4, 0.5) is 17.1 Å². The predicted octanol–water partition coefficient (Wildman–Crippen LogP) is 15.3. The second-order valence-corrected chi connectivity index (χ2v) is 14.6. The lowest BCUT2D eigenvalue weighted by molar-refractivity contribution is 1.29. The van der Waals surface area contributed by atoms with Crippen LogP contribution in [0.2, 0.25) is 0 Å². The number of rotatable bonds is 6. The molecule has 1 aliphatic carbocycles. The van der Waals surface area contributed by atoms with E-state index in [-0.39, 0.29) is 0 Å². The zero-order valence-corrected chi connectivity index (χ0v) is 30.2. The molecule has 0 N–H and O–H groups in total. The van der Waals surface area contributed by atoms with Gasteiger partial charge in [-0.2, -0.15) is 0 Å². The summed E-state index contributed by atoms with van der Waals surface area (Å²) in [4.78, 5) is 2.43. The van der Waals surface area contributed by atoms with Crippen LogP contribution in [-0.2, 0) is 0 Å². The zero-order valence-electron chi connectivity index (χ0n) is 30.2. The van der Waals surface area contributed by atoms with Crippen molar-refractivity contribution in [1.82, 2.24) is 0 Å². The van der Waals surface area contributed by atoms with Crippen LogP contribution in [0.1, 0.15) is 0 Å². The maximum absolute atomic E-state index is 2.43. The summed E-state index contributed by atoms with van der Waals surface area (Å²) >= 11 is 0. The highest BCUT2D eigenvalue weighted by atomic mass is 15.1. The molecule has 1 aliphatic rings. The lowest BCUT2D eigenvalue weighted by atomic mass is 9.77. The summed E-state index contributed by atoms with van der Waals surface area (Å²) in [5.74, 6) is 0. The molecule has 0 atom stereocenters. The van der Waals surface area contributed by atoms with Crippen molar-refractivity contribution >= 4 is 49.4 Å². The number of fused-ring (bicyclic) bond motifs is 7. The molecule has 0 bridgehead atoms. The summed E-state index contributed by atoms with van der Waals surface area (Å²) in [6.07, 6.45) is 0. The Labute approximate surface area is 321 Å². The molecule has 10 aromatic rings. The Balaban J connectivity index is 1.06. The first-order chi connectivity index (χ1) is 27.2. The van der Waals surface area contributed by atoms with Crippen molar-refractivity contribution in [1.29, 1.82) is 0 Å². The molecule has 0 saturated heterocycles. The SMILES string of the molecule is c1ccc(-c2cccc(-c3c(N(c4ccccc4)c4ccc5cc6c(cc5c4)-c4cc5cc(-c7ccccc7)ccc5cc4-6)ccc4ccccc34)c2)cc1. The monoisotopic (exact) mass is 697 g/mol. The van der Waals surface area contributed by atoms with E-state index in [9.17, 15) is 0 Å². The first-order valence-corrected chi connectivity index (χ1v) is 19.0. The van der Waals surface area contributed by atoms with Gasteiger partial charge in [-0.25, -0.2) is 0 Å². The van der Waals surface area contributed by atoms with Crippen LogP contribution in [0.3, 0.4) is 0 Å². The van der Waals surface area contributed by atoms with Gasteiger partial charge in [0.15, 0.2) is 0 Å². The fourth-order valence-corrected chi connectivity index (χ4v) is 8.60. The molecule has 1 heteroatoms. The van der Waals surface area contributed by atoms with Gasteiger partial charge in [-0.1, -0.05) is 146 Å². The highest BCUT2D eigenvalue weighted by Gasteiger charge is 2.25. The molecule has 55 heavy (non-hydrogen) atoms. The van der Waals surface area contributed by atoms with E-state index in [4.69, 9.17) is 0 Å². The second-order valence-electron chi connectivity index (χ2n) is 14.6. The number of anilines is 3. The smallest absolute Gasteiger partial charge is 0.0546 e. The third-order valence-corrected chi connectivity index (χ3v) is 11.3. The van der Waals surface area contributed by atoms with Gasteiger partial charge in [-0.05, 0) is 149 Å². The highest BCUT2D eigenvalue weighted by molar-refractivity contribution is 6.13. The van der Waals surface area contributed by atoms with Crippen LogP contribution in [0, 0.1) is 0 Å². The van der Waals surface area contributed by atoms with Crippen LogP contribution in [0.5, 0.6) is 0 Å². The summed E-state index contributed by atoms with van der Waals surface area (Å²) < 4.78 is 0. The van der Waals surface area contributed by atoms with Crippen LogP contribution in [-0.4, -0.2) is 0 Å². The van der Waals surface area contributed by atoms with Crippen molar-refractivity contribution in [3.05, 3.63) is 212 Å². The Morgan fingerprint density at radius 2 is 0.764 bits per heavy atom. The standard InChI is InChI=1S/C54H35N/c1-4-13-36(14-5-1)39-18-12-19-43(29-39)54-48-22-11-10-17-38(48)26-28-53(54)55(46-20-8-3-9-21-46)47-27-25-42-33-50-49-32-41-24-23-40(37-15-6-2-7-16-37)30-44(41)34-51(49)52(50)35-45(42)31-47/h1-35H. The molecular weight excluding hydrogens is 663 g/mol. The first kappa shape index (κ1) is 31.3. The minimum Gasteiger partial charge on any atom is -0.310 e. The first-order valence-electron chi connectivity index (χ1n) is 19.0. The summed E-state index contributed by atoms with van der Waals surface area (Å²) in [5, 5.41) is 7.48. The van der Waals surface area contributed by atoms with E-state index in [0.717, 1.165) is 17.1 Å². The molecule has 1 nitrogen and oxygen atoms in total. The maximum atomic E-state index is 2.43. The predicted molar refractivity (Wildman–Crippen MR) is 234 cm³/mol. The van der Waals surface area contributed by atoms with Gasteiger partial charge in [0.05, 0.1) is 5.69 Å². The lowest BCUT2D eigenvalue weighted by Gasteiger charge is -2.30. The number of hydrogen-bond acceptors (Lipinski definition) is 1. The minimum absolute atomic E-state index is 1.12. The molecule has 0 amide bonds. The van der Waals surface area contributed by atoms with Crippen LogP contribution >= 0.6 is 0 Å². The van der Waals surface area contributed by atoms with E-state index < -0.39 is 0 Å². The molecule has 0 aliphatic heterocycles. The van der Waals surface area contributed by atoms with Crippen molar-refractivity contribution in [3.8, 4) is 55.6 Å². The topological polar surface area (TPSA) is 3.24 Å². The minimum atomic E-state index is 1.12. The van der Waals surface area contributed by atoms with Crippen molar-refractivity contribution in [2.45, 2.75) is 0 Å². The van der Waals surface area contributed by atoms with Crippen molar-refractivity contribution in [2.24, 2.45) is 0 Å². The second kappa shape index (κ2) is 12.7. The molecule has 10 aromatic carbocycles. The third kappa shape index (κ3) is 5.32. The Hall–Kier alpha value is -7.22. The molecule has 0 unspecified atom stereocenters. The van der Waals surface area contributed by atoms with Gasteiger partial charge in [-0.3, -0.25) is 0 Å². The Kier molecular flexibility index (Phi) is 7.25. The Morgan fingerprint density at radius 3 is 1.45 bits per heavy atom. The third-order valence-electron chi connectivity index (χ3n) is 11.3. The van der Waals surface area contributed by atoms with Gasteiger partial charge in [0.25, 0.3) is 0 Å². The molecule has 0 aromatic heterocycles. The van der Waals surface area contributed by atoms with Gasteiger partial charge in [0.1, 0.15) is 0 Å². The van der Waals surface area contributed by atoms with Gasteiger partial charge in [-0.15, -0.1) is 0 Å². The summed E-state index contributed by atoms with van der Waals surface area (Å²) in [7, 11) is 0. The van der Waals surface area contributed by atoms with Gasteiger partial charge in [0.2, 0.25) is 0 Å². The largest absolute Gasteiger partial charge is 0.310 e. The van der Waals surface area contributed by atoms with Crippen LogP contribution in [0.25, 0.3) is 88.0 Å². The van der Waals surface area contributed by atoms with Gasteiger partial charge in [0, 0.05) is 16.9 Å². The normalized spacial score (nSPS) is 11.6. The Bertz CT molecular complexity index is 3070. The van der Waals surface area contributed by atoms with Crippen molar-refractivity contribution in [2.75, 3.05) is 4.90 Å². The summed E-state index contributed by atoms with van der Waals surface area (Å²) in [6.45, 7) is 0. The fourth-order valence-electron chi connectivity index (χ4n) is 8.60. The number of benzene rings is 10. The average molecular weight is 698 g/mol. The van der Waals surface area contributed by atoms with Gasteiger partial charge < -0.3 is 4.90 Å². The van der Waals surface area contributed by atoms with E-state index >= 15 is 0 Å². The van der Waals surface area contributed by atoms with Crippen LogP contribution in [0.15, 0.2) is 212 Å². The average Bonchev–Trinajstić information content (AvgIpc) is 3.26. The summed E-state index contributed by atoms with van der Waals surface area (Å²) in [6, 6.07) is 77.7. The molecule has 0 saturated carbocycles. The highest BCUT2D eigenvalue weighted by Crippen LogP contribution is 2.51. The molecule has 0 spiro atoms. The molecule has 11 rings (SSSR count). The quantitative estimate of drug-likeness (QED) is 0.167. The number of nitrogens with zero attached hydrogens (tertiary/aromatic N) is 1. The van der Waals surface area contributed by atoms with Crippen LogP contribution < -0.4 is 4.90 Å². The number of hydrogen-bond donors (Lipinski definition) is 0. The molecule has 256 valence electrons. The van der Waals surface area contributed by atoms with E-state index in [1.54, 1.807) is 0 Å². The molecule has 0 heterocycles. The fraction of sp³-hybridized carbons (Fsp3) is 0. The molecular formula is C54H35N. The zero-order chi connectivity index (χ0) is 36.3. The maximum Gasteiger partial charge on any atom is 0.0546 e. The number of para-hydroxylation sites is 1. The van der Waals surface area contributed by atoms with E-state index in [2.05, 4.69) is 217 Å². The van der Waals surface area contributed by atoms with Gasteiger partial charge >= 0.3 is 0 Å².